The summed E-state index contributed by atoms with van der Waals surface area (Å²) in [7, 11) is 0. The number of benzene rings is 2. The van der Waals surface area contributed by atoms with Gasteiger partial charge in [0, 0.05) is 17.7 Å². The number of carboxylic acid groups (broad SMARTS) is 1. The summed E-state index contributed by atoms with van der Waals surface area (Å²) in [4.78, 5) is 23.9. The number of anilines is 1. The molecule has 29 heavy (non-hydrogen) atoms. The van der Waals surface area contributed by atoms with Crippen molar-refractivity contribution in [2.45, 2.75) is 0 Å². The first-order valence-corrected chi connectivity index (χ1v) is 10.9. The van der Waals surface area contributed by atoms with Crippen LogP contribution in [0.25, 0.3) is 11.3 Å². The Morgan fingerprint density at radius 1 is 1.07 bits per heavy atom. The first-order valence-electron chi connectivity index (χ1n) is 7.95. The van der Waals surface area contributed by atoms with Crippen LogP contribution in [0.4, 0.5) is 5.69 Å². The fourth-order valence-electron chi connectivity index (χ4n) is 2.41. The van der Waals surface area contributed by atoms with Gasteiger partial charge >= 0.3 is 5.97 Å². The molecule has 3 N–H and O–H groups in total. The van der Waals surface area contributed by atoms with E-state index in [1.165, 1.54) is 12.1 Å². The van der Waals surface area contributed by atoms with Crippen molar-refractivity contribution in [1.82, 2.24) is 5.32 Å². The van der Waals surface area contributed by atoms with Crippen LogP contribution in [-0.4, -0.2) is 22.1 Å². The lowest BCUT2D eigenvalue weighted by Crippen LogP contribution is -2.34. The Morgan fingerprint density at radius 3 is 2.41 bits per heavy atom. The van der Waals surface area contributed by atoms with Gasteiger partial charge in [-0.3, -0.25) is 10.1 Å². The van der Waals surface area contributed by atoms with Gasteiger partial charge in [0.1, 0.15) is 5.76 Å². The molecule has 0 radical (unpaired) electrons. The molecule has 0 bridgehead atoms. The highest BCUT2D eigenvalue weighted by Crippen LogP contribution is 2.27. The van der Waals surface area contributed by atoms with Gasteiger partial charge in [0.25, 0.3) is 5.91 Å². The second kappa shape index (κ2) is 9.41. The largest absolute Gasteiger partial charge is 0.478 e. The van der Waals surface area contributed by atoms with Crippen molar-refractivity contribution in [1.29, 1.82) is 0 Å². The molecule has 0 spiro atoms. The van der Waals surface area contributed by atoms with Crippen molar-refractivity contribution in [3.63, 3.8) is 0 Å². The minimum Gasteiger partial charge on any atom is -0.478 e. The van der Waals surface area contributed by atoms with Gasteiger partial charge < -0.3 is 14.8 Å². The number of carboxylic acids is 1. The van der Waals surface area contributed by atoms with Gasteiger partial charge in [-0.1, -0.05) is 11.6 Å². The molecule has 0 fully saturated rings. The van der Waals surface area contributed by atoms with E-state index in [0.717, 1.165) is 9.13 Å². The van der Waals surface area contributed by atoms with Gasteiger partial charge in [-0.2, -0.15) is 0 Å². The van der Waals surface area contributed by atoms with Crippen molar-refractivity contribution in [2.75, 3.05) is 5.32 Å². The number of hydrogen-bond donors (Lipinski definition) is 3. The molecule has 1 aromatic heterocycles. The molecule has 0 saturated heterocycles. The van der Waals surface area contributed by atoms with E-state index < -0.39 is 11.9 Å². The molecular formula is C19H11ClI2N2O4S. The second-order valence-electron chi connectivity index (χ2n) is 5.69. The van der Waals surface area contributed by atoms with E-state index in [-0.39, 0.29) is 16.4 Å². The third kappa shape index (κ3) is 5.47. The topological polar surface area (TPSA) is 91.6 Å². The third-order valence-electron chi connectivity index (χ3n) is 3.71. The maximum absolute atomic E-state index is 12.4. The number of amides is 1. The SMILES string of the molecule is O=C(NC(=S)Nc1c(I)cc(I)cc1C(=O)O)c1ccc(-c2ccc(Cl)cc2)o1. The number of carbonyl (C=O) groups is 2. The van der Waals surface area contributed by atoms with E-state index in [4.69, 9.17) is 28.2 Å². The van der Waals surface area contributed by atoms with Crippen molar-refractivity contribution in [3.05, 3.63) is 72.0 Å². The van der Waals surface area contributed by atoms with E-state index in [1.807, 2.05) is 45.2 Å². The first-order chi connectivity index (χ1) is 13.7. The Hall–Kier alpha value is -1.70. The van der Waals surface area contributed by atoms with Gasteiger partial charge in [-0.05, 0) is 106 Å². The van der Waals surface area contributed by atoms with E-state index in [2.05, 4.69) is 10.6 Å². The van der Waals surface area contributed by atoms with Crippen LogP contribution in [0, 0.1) is 7.14 Å². The summed E-state index contributed by atoms with van der Waals surface area (Å²) in [6.07, 6.45) is 0. The molecule has 0 saturated carbocycles. The molecule has 2 aromatic carbocycles. The molecule has 0 aliphatic rings. The number of aromatic carboxylic acids is 1. The molecule has 1 heterocycles. The molecule has 3 rings (SSSR count). The van der Waals surface area contributed by atoms with Crippen LogP contribution in [0.5, 0.6) is 0 Å². The van der Waals surface area contributed by atoms with E-state index >= 15 is 0 Å². The van der Waals surface area contributed by atoms with Crippen molar-refractivity contribution in [3.8, 4) is 11.3 Å². The second-order valence-corrected chi connectivity index (χ2v) is 8.95. The quantitative estimate of drug-likeness (QED) is 0.250. The van der Waals surface area contributed by atoms with Gasteiger partial charge in [0.05, 0.1) is 11.3 Å². The molecule has 0 atom stereocenters. The molecule has 3 aromatic rings. The number of rotatable bonds is 4. The summed E-state index contributed by atoms with van der Waals surface area (Å²) < 4.78 is 7.02. The predicted molar refractivity (Wildman–Crippen MR) is 132 cm³/mol. The lowest BCUT2D eigenvalue weighted by molar-refractivity contribution is 0.0697. The molecule has 10 heteroatoms. The maximum Gasteiger partial charge on any atom is 0.337 e. The van der Waals surface area contributed by atoms with Crippen LogP contribution < -0.4 is 10.6 Å². The predicted octanol–water partition coefficient (Wildman–Crippen LogP) is 5.63. The Labute approximate surface area is 203 Å². The summed E-state index contributed by atoms with van der Waals surface area (Å²) in [5.74, 6) is -1.09. The van der Waals surface area contributed by atoms with E-state index in [1.54, 1.807) is 36.4 Å². The minimum atomic E-state index is -1.10. The zero-order chi connectivity index (χ0) is 21.1. The molecule has 0 aliphatic heterocycles. The van der Waals surface area contributed by atoms with Crippen molar-refractivity contribution < 1.29 is 19.1 Å². The molecule has 1 amide bonds. The highest BCUT2D eigenvalue weighted by Gasteiger charge is 2.18. The fourth-order valence-corrected chi connectivity index (χ4v) is 4.71. The summed E-state index contributed by atoms with van der Waals surface area (Å²) in [5, 5.41) is 15.3. The average Bonchev–Trinajstić information content (AvgIpc) is 3.14. The van der Waals surface area contributed by atoms with Crippen LogP contribution in [0.3, 0.4) is 0 Å². The highest BCUT2D eigenvalue weighted by atomic mass is 127. The van der Waals surface area contributed by atoms with Crippen LogP contribution in [-0.2, 0) is 0 Å². The smallest absolute Gasteiger partial charge is 0.337 e. The van der Waals surface area contributed by atoms with Gasteiger partial charge in [0.2, 0.25) is 0 Å². The summed E-state index contributed by atoms with van der Waals surface area (Å²) in [6, 6.07) is 13.5. The molecule has 0 aliphatic carbocycles. The van der Waals surface area contributed by atoms with Crippen LogP contribution in [0.2, 0.25) is 5.02 Å². The normalized spacial score (nSPS) is 10.4. The standard InChI is InChI=1S/C19H11ClI2N2O4S/c20-10-3-1-9(2-4-10)14-5-6-15(28-14)17(25)24-19(29)23-16-12(18(26)27)7-11(21)8-13(16)22/h1-8H,(H,26,27)(H2,23,24,25,29). The number of thiocarbonyl (C=S) groups is 1. The lowest BCUT2D eigenvalue weighted by atomic mass is 10.2. The molecule has 148 valence electrons. The summed E-state index contributed by atoms with van der Waals surface area (Å²) >= 11 is 15.1. The van der Waals surface area contributed by atoms with Crippen LogP contribution in [0.1, 0.15) is 20.9 Å². The highest BCUT2D eigenvalue weighted by molar-refractivity contribution is 14.1. The zero-order valence-electron chi connectivity index (χ0n) is 14.3. The fraction of sp³-hybridized carbons (Fsp3) is 0. The van der Waals surface area contributed by atoms with Crippen molar-refractivity contribution >= 4 is 91.7 Å². The number of furan rings is 1. The van der Waals surface area contributed by atoms with Gasteiger partial charge in [-0.25, -0.2) is 4.79 Å². The third-order valence-corrected chi connectivity index (χ3v) is 5.64. The van der Waals surface area contributed by atoms with Crippen LogP contribution in [0.15, 0.2) is 52.9 Å². The monoisotopic (exact) mass is 652 g/mol. The van der Waals surface area contributed by atoms with Crippen LogP contribution >= 0.6 is 69.0 Å². The lowest BCUT2D eigenvalue weighted by Gasteiger charge is -2.13. The number of carbonyl (C=O) groups excluding carboxylic acids is 1. The summed E-state index contributed by atoms with van der Waals surface area (Å²) in [5.41, 5.74) is 1.14. The van der Waals surface area contributed by atoms with Gasteiger partial charge in [0.15, 0.2) is 10.9 Å². The Morgan fingerprint density at radius 2 is 1.76 bits per heavy atom. The Balaban J connectivity index is 1.73. The van der Waals surface area contributed by atoms with Crippen molar-refractivity contribution in [2.24, 2.45) is 0 Å². The zero-order valence-corrected chi connectivity index (χ0v) is 20.2. The first kappa shape index (κ1) is 22.0. The summed E-state index contributed by atoms with van der Waals surface area (Å²) in [6.45, 7) is 0. The van der Waals surface area contributed by atoms with E-state index in [0.29, 0.717) is 20.0 Å². The maximum atomic E-state index is 12.4. The number of halogens is 3. The average molecular weight is 653 g/mol. The molecule has 0 unspecified atom stereocenters. The molecular weight excluding hydrogens is 642 g/mol. The molecule has 6 nitrogen and oxygen atoms in total. The Bertz CT molecular complexity index is 1120. The number of nitrogens with one attached hydrogen (secondary N) is 2. The van der Waals surface area contributed by atoms with E-state index in [9.17, 15) is 14.7 Å². The number of hydrogen-bond acceptors (Lipinski definition) is 4. The van der Waals surface area contributed by atoms with Gasteiger partial charge in [-0.15, -0.1) is 0 Å². The minimum absolute atomic E-state index is 0.0407. The Kier molecular flexibility index (Phi) is 7.14.